The second kappa shape index (κ2) is 4.86. The van der Waals surface area contributed by atoms with E-state index in [4.69, 9.17) is 0 Å². The summed E-state index contributed by atoms with van der Waals surface area (Å²) in [6, 6.07) is 12.6. The molecule has 2 aromatic carbocycles. The van der Waals surface area contributed by atoms with Crippen molar-refractivity contribution in [3.63, 3.8) is 0 Å². The Kier molecular flexibility index (Phi) is 3.05. The molecule has 3 heteroatoms. The molecular formula is C16H16N2O. The largest absolute Gasteiger partial charge is 0.287 e. The third-order valence-electron chi connectivity index (χ3n) is 3.53. The summed E-state index contributed by atoms with van der Waals surface area (Å²) in [5.74, 6) is -0.0324. The molecule has 19 heavy (non-hydrogen) atoms. The van der Waals surface area contributed by atoms with Gasteiger partial charge in [0.1, 0.15) is 0 Å². The summed E-state index contributed by atoms with van der Waals surface area (Å²) >= 11 is 0. The molecule has 0 radical (unpaired) electrons. The van der Waals surface area contributed by atoms with Crippen LogP contribution in [0.5, 0.6) is 0 Å². The highest BCUT2D eigenvalue weighted by atomic mass is 16.2. The van der Waals surface area contributed by atoms with Crippen molar-refractivity contribution in [1.29, 1.82) is 0 Å². The summed E-state index contributed by atoms with van der Waals surface area (Å²) in [6.45, 7) is 2.71. The lowest BCUT2D eigenvalue weighted by Gasteiger charge is -2.09. The van der Waals surface area contributed by atoms with Crippen LogP contribution in [0.1, 0.15) is 18.1 Å². The number of amides is 1. The molecule has 2 N–H and O–H groups in total. The van der Waals surface area contributed by atoms with Crippen molar-refractivity contribution in [2.24, 2.45) is 0 Å². The highest BCUT2D eigenvalue weighted by Crippen LogP contribution is 2.25. The normalized spacial score (nSPS) is 17.1. The van der Waals surface area contributed by atoms with Gasteiger partial charge in [-0.2, -0.15) is 0 Å². The van der Waals surface area contributed by atoms with Crippen molar-refractivity contribution in [2.75, 3.05) is 6.54 Å². The van der Waals surface area contributed by atoms with Crippen LogP contribution in [-0.2, 0) is 11.2 Å². The molecule has 1 fully saturated rings. The smallest absolute Gasteiger partial charge is 0.262 e. The number of fused-ring (bicyclic) bond motifs is 1. The van der Waals surface area contributed by atoms with Gasteiger partial charge in [0, 0.05) is 12.1 Å². The summed E-state index contributed by atoms with van der Waals surface area (Å²) in [5, 5.41) is 2.41. The van der Waals surface area contributed by atoms with Gasteiger partial charge < -0.3 is 0 Å². The molecule has 1 aliphatic heterocycles. The van der Waals surface area contributed by atoms with E-state index >= 15 is 0 Å². The number of nitrogens with one attached hydrogen (secondary N) is 2. The van der Waals surface area contributed by atoms with Gasteiger partial charge >= 0.3 is 0 Å². The molecule has 0 bridgehead atoms. The first-order valence-corrected chi connectivity index (χ1v) is 6.54. The lowest BCUT2D eigenvalue weighted by atomic mass is 9.95. The number of benzene rings is 2. The van der Waals surface area contributed by atoms with Gasteiger partial charge in [-0.15, -0.1) is 0 Å². The summed E-state index contributed by atoms with van der Waals surface area (Å²) in [5.41, 5.74) is 8.69. The SMILES string of the molecule is CCc1ccc2ccccc2c1/C=C1\CNNC1=O. The van der Waals surface area contributed by atoms with Gasteiger partial charge in [0.05, 0.1) is 0 Å². The maximum Gasteiger partial charge on any atom is 0.262 e. The van der Waals surface area contributed by atoms with Gasteiger partial charge in [0.2, 0.25) is 0 Å². The van der Waals surface area contributed by atoms with Crippen LogP contribution in [0.25, 0.3) is 16.8 Å². The molecule has 1 heterocycles. The monoisotopic (exact) mass is 252 g/mol. The Labute approximate surface area is 112 Å². The third-order valence-corrected chi connectivity index (χ3v) is 3.53. The molecule has 0 atom stereocenters. The first kappa shape index (κ1) is 11.9. The lowest BCUT2D eigenvalue weighted by Crippen LogP contribution is -2.25. The average molecular weight is 252 g/mol. The highest BCUT2D eigenvalue weighted by molar-refractivity contribution is 6.03. The molecular weight excluding hydrogens is 236 g/mol. The zero-order valence-corrected chi connectivity index (χ0v) is 10.9. The van der Waals surface area contributed by atoms with Crippen molar-refractivity contribution >= 4 is 22.8 Å². The van der Waals surface area contributed by atoms with E-state index in [-0.39, 0.29) is 5.91 Å². The van der Waals surface area contributed by atoms with Crippen LogP contribution in [0.2, 0.25) is 0 Å². The lowest BCUT2D eigenvalue weighted by molar-refractivity contribution is -0.116. The van der Waals surface area contributed by atoms with Crippen LogP contribution < -0.4 is 10.9 Å². The number of hydrazine groups is 1. The summed E-state index contributed by atoms with van der Waals surface area (Å²) < 4.78 is 0. The fourth-order valence-electron chi connectivity index (χ4n) is 2.49. The van der Waals surface area contributed by atoms with E-state index in [1.54, 1.807) is 0 Å². The Morgan fingerprint density at radius 2 is 2.05 bits per heavy atom. The zero-order chi connectivity index (χ0) is 13.2. The zero-order valence-electron chi connectivity index (χ0n) is 10.9. The predicted molar refractivity (Wildman–Crippen MR) is 77.4 cm³/mol. The Hall–Kier alpha value is -2.13. The molecule has 1 aliphatic rings. The topological polar surface area (TPSA) is 41.1 Å². The first-order valence-electron chi connectivity index (χ1n) is 6.54. The third kappa shape index (κ3) is 2.13. The van der Waals surface area contributed by atoms with E-state index in [0.29, 0.717) is 6.54 Å². The summed E-state index contributed by atoms with van der Waals surface area (Å²) in [7, 11) is 0. The fourth-order valence-corrected chi connectivity index (χ4v) is 2.49. The molecule has 0 unspecified atom stereocenters. The van der Waals surface area contributed by atoms with E-state index in [9.17, 15) is 4.79 Å². The van der Waals surface area contributed by atoms with Crippen LogP contribution in [0.3, 0.4) is 0 Å². The summed E-state index contributed by atoms with van der Waals surface area (Å²) in [4.78, 5) is 11.7. The number of carbonyl (C=O) groups is 1. The van der Waals surface area contributed by atoms with E-state index in [2.05, 4.69) is 42.0 Å². The number of rotatable bonds is 2. The van der Waals surface area contributed by atoms with Crippen LogP contribution in [0, 0.1) is 0 Å². The van der Waals surface area contributed by atoms with Crippen LogP contribution in [-0.4, -0.2) is 12.5 Å². The Morgan fingerprint density at radius 3 is 2.79 bits per heavy atom. The van der Waals surface area contributed by atoms with Gasteiger partial charge in [0.15, 0.2) is 0 Å². The van der Waals surface area contributed by atoms with Crippen LogP contribution in [0.15, 0.2) is 42.0 Å². The molecule has 0 aromatic heterocycles. The van der Waals surface area contributed by atoms with Gasteiger partial charge in [-0.1, -0.05) is 43.3 Å². The van der Waals surface area contributed by atoms with Gasteiger partial charge in [-0.25, -0.2) is 5.43 Å². The maximum atomic E-state index is 11.7. The number of hydrogen-bond acceptors (Lipinski definition) is 2. The number of carbonyl (C=O) groups excluding carboxylic acids is 1. The minimum absolute atomic E-state index is 0.0324. The molecule has 96 valence electrons. The van der Waals surface area contributed by atoms with Crippen molar-refractivity contribution < 1.29 is 4.79 Å². The quantitative estimate of drug-likeness (QED) is 0.806. The summed E-state index contributed by atoms with van der Waals surface area (Å²) in [6.07, 6.45) is 2.97. The average Bonchev–Trinajstić information content (AvgIpc) is 2.85. The van der Waals surface area contributed by atoms with Crippen LogP contribution >= 0.6 is 0 Å². The highest BCUT2D eigenvalue weighted by Gasteiger charge is 2.16. The van der Waals surface area contributed by atoms with E-state index in [1.807, 2.05) is 18.2 Å². The molecule has 1 amide bonds. The molecule has 2 aromatic rings. The van der Waals surface area contributed by atoms with Crippen molar-refractivity contribution in [1.82, 2.24) is 10.9 Å². The standard InChI is InChI=1S/C16H16N2O/c1-2-11-7-8-12-5-3-4-6-14(12)15(11)9-13-10-17-18-16(13)19/h3-9,17H,2,10H2,1H3,(H,18,19)/b13-9+. The molecule has 1 saturated heterocycles. The molecule has 0 aliphatic carbocycles. The van der Waals surface area contributed by atoms with Crippen molar-refractivity contribution in [3.05, 3.63) is 53.1 Å². The number of hydrogen-bond donors (Lipinski definition) is 2. The van der Waals surface area contributed by atoms with Gasteiger partial charge in [-0.05, 0) is 34.4 Å². The van der Waals surface area contributed by atoms with Crippen molar-refractivity contribution in [3.8, 4) is 0 Å². The maximum absolute atomic E-state index is 11.7. The van der Waals surface area contributed by atoms with E-state index in [1.165, 1.54) is 16.3 Å². The second-order valence-electron chi connectivity index (χ2n) is 4.69. The molecule has 0 spiro atoms. The van der Waals surface area contributed by atoms with E-state index < -0.39 is 0 Å². The van der Waals surface area contributed by atoms with Crippen molar-refractivity contribution in [2.45, 2.75) is 13.3 Å². The minimum atomic E-state index is -0.0324. The first-order chi connectivity index (χ1) is 9.29. The second-order valence-corrected chi connectivity index (χ2v) is 4.69. The minimum Gasteiger partial charge on any atom is -0.287 e. The Bertz CT molecular complexity index is 674. The molecule has 3 nitrogen and oxygen atoms in total. The van der Waals surface area contributed by atoms with E-state index in [0.717, 1.165) is 17.6 Å². The molecule has 0 saturated carbocycles. The van der Waals surface area contributed by atoms with Gasteiger partial charge in [0.25, 0.3) is 5.91 Å². The molecule has 3 rings (SSSR count). The number of aryl methyl sites for hydroxylation is 1. The Balaban J connectivity index is 2.22. The van der Waals surface area contributed by atoms with Crippen LogP contribution in [0.4, 0.5) is 0 Å². The predicted octanol–water partition coefficient (Wildman–Crippen LogP) is 2.42. The Morgan fingerprint density at radius 1 is 1.21 bits per heavy atom. The van der Waals surface area contributed by atoms with Gasteiger partial charge in [-0.3, -0.25) is 10.2 Å². The fraction of sp³-hybridized carbons (Fsp3) is 0.188.